The highest BCUT2D eigenvalue weighted by atomic mass is 35.5. The first-order valence-corrected chi connectivity index (χ1v) is 11.2. The molecule has 0 radical (unpaired) electrons. The summed E-state index contributed by atoms with van der Waals surface area (Å²) in [6.07, 6.45) is 1.10. The highest BCUT2D eigenvalue weighted by Gasteiger charge is 2.33. The molecule has 0 saturated carbocycles. The number of aromatic nitrogens is 2. The Morgan fingerprint density at radius 3 is 2.72 bits per heavy atom. The Bertz CT molecular complexity index is 1080. The van der Waals surface area contributed by atoms with E-state index in [0.29, 0.717) is 49.5 Å². The lowest BCUT2D eigenvalue weighted by Crippen LogP contribution is -2.27. The Balaban J connectivity index is 1.39. The third-order valence-electron chi connectivity index (χ3n) is 5.37. The van der Waals surface area contributed by atoms with E-state index in [4.69, 9.17) is 25.6 Å². The summed E-state index contributed by atoms with van der Waals surface area (Å²) in [6.45, 7) is 6.23. The van der Waals surface area contributed by atoms with E-state index in [1.165, 1.54) is 0 Å². The summed E-state index contributed by atoms with van der Waals surface area (Å²) >= 11 is 6.05. The number of carbonyl (C=O) groups excluding carboxylic acids is 1. The number of hydrogen-bond donors (Lipinski definition) is 0. The summed E-state index contributed by atoms with van der Waals surface area (Å²) in [4.78, 5) is 18.9. The molecule has 168 valence electrons. The molecule has 1 aliphatic heterocycles. The second-order valence-electron chi connectivity index (χ2n) is 7.61. The van der Waals surface area contributed by atoms with Crippen LogP contribution in [0.1, 0.15) is 37.6 Å². The van der Waals surface area contributed by atoms with Crippen LogP contribution >= 0.6 is 11.6 Å². The zero-order chi connectivity index (χ0) is 22.5. The minimum atomic E-state index is -0.0847. The molecule has 32 heavy (non-hydrogen) atoms. The summed E-state index contributed by atoms with van der Waals surface area (Å²) in [7, 11) is 0. The van der Waals surface area contributed by atoms with Gasteiger partial charge in [-0.1, -0.05) is 28.9 Å². The van der Waals surface area contributed by atoms with Gasteiger partial charge in [-0.3, -0.25) is 4.79 Å². The topological polar surface area (TPSA) is 77.7 Å². The number of halogens is 1. The third-order valence-corrected chi connectivity index (χ3v) is 5.61. The number of hydrogen-bond acceptors (Lipinski definition) is 6. The number of benzene rings is 2. The van der Waals surface area contributed by atoms with Crippen molar-refractivity contribution in [3.63, 3.8) is 0 Å². The average molecular weight is 456 g/mol. The van der Waals surface area contributed by atoms with E-state index in [0.717, 1.165) is 29.0 Å². The minimum absolute atomic E-state index is 0.0847. The number of likely N-dealkylation sites (tertiary alicyclic amines) is 1. The maximum Gasteiger partial charge on any atom is 0.257 e. The summed E-state index contributed by atoms with van der Waals surface area (Å²) < 4.78 is 16.7. The molecule has 8 heteroatoms. The molecule has 1 unspecified atom stereocenters. The van der Waals surface area contributed by atoms with E-state index in [1.807, 2.05) is 49.1 Å². The van der Waals surface area contributed by atoms with Crippen molar-refractivity contribution in [3.8, 4) is 23.0 Å². The average Bonchev–Trinajstić information content (AvgIpc) is 3.41. The molecule has 1 saturated heterocycles. The van der Waals surface area contributed by atoms with Crippen molar-refractivity contribution in [1.82, 2.24) is 15.0 Å². The molecule has 4 rings (SSSR count). The smallest absolute Gasteiger partial charge is 0.257 e. The summed E-state index contributed by atoms with van der Waals surface area (Å²) in [6, 6.07) is 13.2. The van der Waals surface area contributed by atoms with Gasteiger partial charge < -0.3 is 18.9 Å². The second-order valence-corrected chi connectivity index (χ2v) is 8.04. The van der Waals surface area contributed by atoms with Crippen LogP contribution in [-0.4, -0.2) is 47.3 Å². The van der Waals surface area contributed by atoms with Crippen LogP contribution in [0.15, 0.2) is 47.0 Å². The van der Waals surface area contributed by atoms with Crippen LogP contribution in [0.2, 0.25) is 5.02 Å². The van der Waals surface area contributed by atoms with Crippen LogP contribution in [0.3, 0.4) is 0 Å². The molecule has 0 aliphatic carbocycles. The Morgan fingerprint density at radius 1 is 1.12 bits per heavy atom. The lowest BCUT2D eigenvalue weighted by molar-refractivity contribution is -0.127. The number of ether oxygens (including phenoxy) is 2. The Labute approximate surface area is 192 Å². The standard InChI is InChI=1S/C24H26ClN3O4/c1-3-30-20-9-8-16(12-21(20)31-4-2)10-11-28-15-18(14-22(28)29)23-26-24(32-27-23)17-6-5-7-19(25)13-17/h5-9,12-13,18H,3-4,10-11,14-15H2,1-2H3. The fourth-order valence-electron chi connectivity index (χ4n) is 3.82. The minimum Gasteiger partial charge on any atom is -0.490 e. The van der Waals surface area contributed by atoms with Crippen LogP contribution in [0.25, 0.3) is 11.5 Å². The predicted octanol–water partition coefficient (Wildman–Crippen LogP) is 4.75. The maximum absolute atomic E-state index is 12.6. The lowest BCUT2D eigenvalue weighted by Gasteiger charge is -2.17. The van der Waals surface area contributed by atoms with Crippen LogP contribution in [0.4, 0.5) is 0 Å². The van der Waals surface area contributed by atoms with Crippen LogP contribution < -0.4 is 9.47 Å². The molecule has 1 aromatic heterocycles. The highest BCUT2D eigenvalue weighted by Crippen LogP contribution is 2.31. The summed E-state index contributed by atoms with van der Waals surface area (Å²) in [5, 5.41) is 4.72. The molecule has 2 heterocycles. The molecule has 3 aromatic rings. The molecule has 7 nitrogen and oxygen atoms in total. The second kappa shape index (κ2) is 10.0. The number of amides is 1. The van der Waals surface area contributed by atoms with E-state index >= 15 is 0 Å². The number of nitrogens with zero attached hydrogens (tertiary/aromatic N) is 3. The maximum atomic E-state index is 12.6. The number of rotatable bonds is 9. The molecule has 2 aromatic carbocycles. The number of carbonyl (C=O) groups is 1. The molecule has 1 amide bonds. The quantitative estimate of drug-likeness (QED) is 0.463. The van der Waals surface area contributed by atoms with Gasteiger partial charge in [0.15, 0.2) is 17.3 Å². The SMILES string of the molecule is CCOc1ccc(CCN2CC(c3noc(-c4cccc(Cl)c4)n3)CC2=O)cc1OCC. The Morgan fingerprint density at radius 2 is 1.94 bits per heavy atom. The first-order valence-electron chi connectivity index (χ1n) is 10.8. The van der Waals surface area contributed by atoms with Crippen molar-refractivity contribution in [2.75, 3.05) is 26.3 Å². The van der Waals surface area contributed by atoms with Gasteiger partial charge in [0.25, 0.3) is 5.89 Å². The van der Waals surface area contributed by atoms with Gasteiger partial charge in [0.05, 0.1) is 13.2 Å². The van der Waals surface area contributed by atoms with Crippen LogP contribution in [0, 0.1) is 0 Å². The molecule has 0 N–H and O–H groups in total. The van der Waals surface area contributed by atoms with E-state index in [9.17, 15) is 4.79 Å². The Hall–Kier alpha value is -3.06. The molecule has 1 atom stereocenters. The van der Waals surface area contributed by atoms with Crippen molar-refractivity contribution < 1.29 is 18.8 Å². The van der Waals surface area contributed by atoms with Crippen molar-refractivity contribution in [3.05, 3.63) is 58.9 Å². The van der Waals surface area contributed by atoms with Gasteiger partial charge in [-0.25, -0.2) is 0 Å². The van der Waals surface area contributed by atoms with E-state index in [1.54, 1.807) is 12.1 Å². The fourth-order valence-corrected chi connectivity index (χ4v) is 4.01. The summed E-state index contributed by atoms with van der Waals surface area (Å²) in [5.41, 5.74) is 1.86. The van der Waals surface area contributed by atoms with Crippen molar-refractivity contribution >= 4 is 17.5 Å². The van der Waals surface area contributed by atoms with E-state index in [2.05, 4.69) is 10.1 Å². The normalized spacial score (nSPS) is 15.9. The van der Waals surface area contributed by atoms with Gasteiger partial charge in [0.1, 0.15) is 0 Å². The van der Waals surface area contributed by atoms with Crippen LogP contribution in [0.5, 0.6) is 11.5 Å². The first-order chi connectivity index (χ1) is 15.6. The largest absolute Gasteiger partial charge is 0.490 e. The van der Waals surface area contributed by atoms with Crippen molar-refractivity contribution in [2.24, 2.45) is 0 Å². The van der Waals surface area contributed by atoms with Gasteiger partial charge in [0.2, 0.25) is 5.91 Å². The zero-order valence-electron chi connectivity index (χ0n) is 18.2. The highest BCUT2D eigenvalue weighted by molar-refractivity contribution is 6.30. The van der Waals surface area contributed by atoms with Crippen molar-refractivity contribution in [2.45, 2.75) is 32.6 Å². The van der Waals surface area contributed by atoms with Gasteiger partial charge in [-0.2, -0.15) is 4.98 Å². The monoisotopic (exact) mass is 455 g/mol. The van der Waals surface area contributed by atoms with Gasteiger partial charge in [-0.05, 0) is 56.2 Å². The third kappa shape index (κ3) is 5.05. The molecule has 1 fully saturated rings. The van der Waals surface area contributed by atoms with E-state index in [-0.39, 0.29) is 11.8 Å². The Kier molecular flexibility index (Phi) is 6.95. The van der Waals surface area contributed by atoms with Crippen molar-refractivity contribution in [1.29, 1.82) is 0 Å². The summed E-state index contributed by atoms with van der Waals surface area (Å²) in [5.74, 6) is 2.45. The van der Waals surface area contributed by atoms with Gasteiger partial charge in [0, 0.05) is 36.0 Å². The van der Waals surface area contributed by atoms with Crippen LogP contribution in [-0.2, 0) is 11.2 Å². The zero-order valence-corrected chi connectivity index (χ0v) is 19.0. The van der Waals surface area contributed by atoms with E-state index < -0.39 is 0 Å². The fraction of sp³-hybridized carbons (Fsp3) is 0.375. The van der Waals surface area contributed by atoms with Gasteiger partial charge in [-0.15, -0.1) is 0 Å². The first kappa shape index (κ1) is 22.1. The molecular weight excluding hydrogens is 430 g/mol. The van der Waals surface area contributed by atoms with Gasteiger partial charge >= 0.3 is 0 Å². The molecule has 1 aliphatic rings. The molecule has 0 bridgehead atoms. The molecular formula is C24H26ClN3O4. The lowest BCUT2D eigenvalue weighted by atomic mass is 10.1. The molecule has 0 spiro atoms. The predicted molar refractivity (Wildman–Crippen MR) is 121 cm³/mol.